The van der Waals surface area contributed by atoms with Crippen molar-refractivity contribution in [1.82, 2.24) is 10.3 Å². The van der Waals surface area contributed by atoms with Gasteiger partial charge in [-0.2, -0.15) is 0 Å². The molecule has 7 heteroatoms. The smallest absolute Gasteiger partial charge is 0.264 e. The van der Waals surface area contributed by atoms with Gasteiger partial charge >= 0.3 is 0 Å². The van der Waals surface area contributed by atoms with E-state index in [-0.39, 0.29) is 10.8 Å². The number of rotatable bonds is 6. The molecule has 3 rings (SSSR count). The van der Waals surface area contributed by atoms with Gasteiger partial charge < -0.3 is 5.32 Å². The summed E-state index contributed by atoms with van der Waals surface area (Å²) in [5.74, 6) is -0.278. The Balaban J connectivity index is 1.78. The number of hydrogen-bond acceptors (Lipinski definition) is 4. The van der Waals surface area contributed by atoms with Crippen LogP contribution in [0.1, 0.15) is 21.5 Å². The van der Waals surface area contributed by atoms with Crippen molar-refractivity contribution in [2.75, 3.05) is 11.4 Å². The number of benzene rings is 2. The zero-order chi connectivity index (χ0) is 20.1. The Morgan fingerprint density at radius 1 is 1.04 bits per heavy atom. The monoisotopic (exact) mass is 395 g/mol. The number of carbonyl (C=O) groups excluding carboxylic acids is 1. The summed E-state index contributed by atoms with van der Waals surface area (Å²) >= 11 is 0. The van der Waals surface area contributed by atoms with Crippen LogP contribution in [-0.2, 0) is 16.6 Å². The largest absolute Gasteiger partial charge is 0.348 e. The van der Waals surface area contributed by atoms with E-state index in [1.807, 2.05) is 19.1 Å². The van der Waals surface area contributed by atoms with Gasteiger partial charge in [0.2, 0.25) is 0 Å². The molecule has 0 saturated carbocycles. The van der Waals surface area contributed by atoms with Gasteiger partial charge in [-0.3, -0.25) is 14.1 Å². The van der Waals surface area contributed by atoms with Crippen LogP contribution < -0.4 is 9.62 Å². The minimum Gasteiger partial charge on any atom is -0.348 e. The number of hydrogen-bond donors (Lipinski definition) is 1. The highest BCUT2D eigenvalue weighted by molar-refractivity contribution is 7.92. The third-order valence-corrected chi connectivity index (χ3v) is 6.15. The molecule has 0 aliphatic carbocycles. The lowest BCUT2D eigenvalue weighted by Gasteiger charge is -2.20. The van der Waals surface area contributed by atoms with Crippen LogP contribution in [0.3, 0.4) is 0 Å². The van der Waals surface area contributed by atoms with Crippen molar-refractivity contribution in [2.24, 2.45) is 0 Å². The number of aromatic nitrogens is 1. The van der Waals surface area contributed by atoms with Crippen molar-refractivity contribution in [2.45, 2.75) is 18.4 Å². The Hall–Kier alpha value is -3.19. The summed E-state index contributed by atoms with van der Waals surface area (Å²) in [6.45, 7) is 2.26. The first-order valence-electron chi connectivity index (χ1n) is 8.71. The molecule has 1 N–H and O–H groups in total. The highest BCUT2D eigenvalue weighted by atomic mass is 32.2. The maximum atomic E-state index is 12.9. The standard InChI is InChI=1S/C21H21N3O3S/c1-16-6-8-20(9-7-16)28(26,27)24(2)19-5-3-4-18(14-19)21(25)23-15-17-10-12-22-13-11-17/h3-14H,15H2,1-2H3,(H,23,25). The third-order valence-electron chi connectivity index (χ3n) is 4.35. The number of carbonyl (C=O) groups is 1. The molecule has 0 saturated heterocycles. The normalized spacial score (nSPS) is 11.1. The summed E-state index contributed by atoms with van der Waals surface area (Å²) in [6, 6.07) is 16.8. The third kappa shape index (κ3) is 4.37. The van der Waals surface area contributed by atoms with Gasteiger partial charge in [0.05, 0.1) is 10.6 Å². The number of pyridine rings is 1. The van der Waals surface area contributed by atoms with Crippen molar-refractivity contribution >= 4 is 21.6 Å². The predicted molar refractivity (Wildman–Crippen MR) is 109 cm³/mol. The van der Waals surface area contributed by atoms with Gasteiger partial charge in [0, 0.05) is 31.5 Å². The quantitative estimate of drug-likeness (QED) is 0.695. The second-order valence-electron chi connectivity index (χ2n) is 6.37. The van der Waals surface area contributed by atoms with E-state index in [2.05, 4.69) is 10.3 Å². The lowest BCUT2D eigenvalue weighted by atomic mass is 10.2. The molecule has 0 spiro atoms. The molecule has 1 heterocycles. The Kier molecular flexibility index (Phi) is 5.75. The van der Waals surface area contributed by atoms with E-state index in [1.54, 1.807) is 60.9 Å². The molecule has 0 unspecified atom stereocenters. The number of aryl methyl sites for hydroxylation is 1. The number of anilines is 1. The second-order valence-corrected chi connectivity index (χ2v) is 8.34. The van der Waals surface area contributed by atoms with E-state index < -0.39 is 10.0 Å². The fourth-order valence-corrected chi connectivity index (χ4v) is 3.82. The van der Waals surface area contributed by atoms with E-state index in [0.29, 0.717) is 17.8 Å². The van der Waals surface area contributed by atoms with Crippen LogP contribution in [0.2, 0.25) is 0 Å². The van der Waals surface area contributed by atoms with Crippen LogP contribution >= 0.6 is 0 Å². The summed E-state index contributed by atoms with van der Waals surface area (Å²) in [7, 11) is -2.24. The first-order chi connectivity index (χ1) is 13.4. The zero-order valence-corrected chi connectivity index (χ0v) is 16.5. The first kappa shape index (κ1) is 19.6. The summed E-state index contributed by atoms with van der Waals surface area (Å²) in [4.78, 5) is 16.6. The molecule has 1 aromatic heterocycles. The topological polar surface area (TPSA) is 79.4 Å². The van der Waals surface area contributed by atoms with Gasteiger partial charge in [0.1, 0.15) is 0 Å². The van der Waals surface area contributed by atoms with Crippen molar-refractivity contribution < 1.29 is 13.2 Å². The van der Waals surface area contributed by atoms with E-state index in [4.69, 9.17) is 0 Å². The fraction of sp³-hybridized carbons (Fsp3) is 0.143. The maximum absolute atomic E-state index is 12.9. The lowest BCUT2D eigenvalue weighted by Crippen LogP contribution is -2.27. The van der Waals surface area contributed by atoms with Crippen LogP contribution in [-0.4, -0.2) is 26.4 Å². The number of amides is 1. The van der Waals surface area contributed by atoms with Crippen LogP contribution in [0.15, 0.2) is 78.0 Å². The number of nitrogens with zero attached hydrogens (tertiary/aromatic N) is 2. The second kappa shape index (κ2) is 8.22. The molecular weight excluding hydrogens is 374 g/mol. The summed E-state index contributed by atoms with van der Waals surface area (Å²) < 4.78 is 26.9. The molecule has 0 aliphatic rings. The van der Waals surface area contributed by atoms with Crippen LogP contribution in [0.5, 0.6) is 0 Å². The molecule has 1 amide bonds. The molecule has 0 bridgehead atoms. The minimum atomic E-state index is -3.71. The summed E-state index contributed by atoms with van der Waals surface area (Å²) in [5, 5.41) is 2.82. The number of nitrogens with one attached hydrogen (secondary N) is 1. The zero-order valence-electron chi connectivity index (χ0n) is 15.7. The van der Waals surface area contributed by atoms with Gasteiger partial charge in [-0.05, 0) is 55.0 Å². The summed E-state index contributed by atoms with van der Waals surface area (Å²) in [5.41, 5.74) is 2.71. The molecular formula is C21H21N3O3S. The van der Waals surface area contributed by atoms with Crippen LogP contribution in [0, 0.1) is 6.92 Å². The molecule has 0 aliphatic heterocycles. The van der Waals surface area contributed by atoms with Crippen molar-refractivity contribution in [3.05, 3.63) is 89.7 Å². The predicted octanol–water partition coefficient (Wildman–Crippen LogP) is 3.15. The maximum Gasteiger partial charge on any atom is 0.264 e. The van der Waals surface area contributed by atoms with Crippen molar-refractivity contribution in [3.63, 3.8) is 0 Å². The Bertz CT molecular complexity index is 1070. The van der Waals surface area contributed by atoms with Gasteiger partial charge in [0.25, 0.3) is 15.9 Å². The lowest BCUT2D eigenvalue weighted by molar-refractivity contribution is 0.0951. The average molecular weight is 395 g/mol. The highest BCUT2D eigenvalue weighted by Gasteiger charge is 2.21. The molecule has 28 heavy (non-hydrogen) atoms. The molecule has 0 atom stereocenters. The van der Waals surface area contributed by atoms with Gasteiger partial charge in [-0.15, -0.1) is 0 Å². The molecule has 0 radical (unpaired) electrons. The first-order valence-corrected chi connectivity index (χ1v) is 10.1. The van der Waals surface area contributed by atoms with E-state index in [0.717, 1.165) is 11.1 Å². The SMILES string of the molecule is Cc1ccc(S(=O)(=O)N(C)c2cccc(C(=O)NCc3ccncc3)c2)cc1. The fourth-order valence-electron chi connectivity index (χ4n) is 2.64. The van der Waals surface area contributed by atoms with E-state index in [9.17, 15) is 13.2 Å². The molecule has 3 aromatic rings. The Morgan fingerprint density at radius 2 is 1.71 bits per heavy atom. The molecule has 6 nitrogen and oxygen atoms in total. The van der Waals surface area contributed by atoms with Crippen LogP contribution in [0.4, 0.5) is 5.69 Å². The van der Waals surface area contributed by atoms with Gasteiger partial charge in [-0.25, -0.2) is 8.42 Å². The van der Waals surface area contributed by atoms with Gasteiger partial charge in [-0.1, -0.05) is 23.8 Å². The van der Waals surface area contributed by atoms with E-state index in [1.165, 1.54) is 11.4 Å². The molecule has 0 fully saturated rings. The average Bonchev–Trinajstić information content (AvgIpc) is 2.72. The summed E-state index contributed by atoms with van der Waals surface area (Å²) in [6.07, 6.45) is 3.32. The molecule has 2 aromatic carbocycles. The number of sulfonamides is 1. The van der Waals surface area contributed by atoms with E-state index >= 15 is 0 Å². The highest BCUT2D eigenvalue weighted by Crippen LogP contribution is 2.23. The van der Waals surface area contributed by atoms with Crippen LogP contribution in [0.25, 0.3) is 0 Å². The van der Waals surface area contributed by atoms with Crippen molar-refractivity contribution in [1.29, 1.82) is 0 Å². The van der Waals surface area contributed by atoms with Gasteiger partial charge in [0.15, 0.2) is 0 Å². The Morgan fingerprint density at radius 3 is 2.39 bits per heavy atom. The molecule has 144 valence electrons. The minimum absolute atomic E-state index is 0.202. The van der Waals surface area contributed by atoms with Crippen molar-refractivity contribution in [3.8, 4) is 0 Å². The Labute approximate surface area is 164 Å².